The Morgan fingerprint density at radius 1 is 0.972 bits per heavy atom. The minimum atomic E-state index is 0.256. The van der Waals surface area contributed by atoms with Crippen molar-refractivity contribution in [3.8, 4) is 28.6 Å². The molecule has 1 saturated heterocycles. The Hall–Kier alpha value is -3.73. The average Bonchev–Trinajstić information content (AvgIpc) is 3.22. The van der Waals surface area contributed by atoms with Gasteiger partial charge in [0.2, 0.25) is 0 Å². The molecule has 182 valence electrons. The van der Waals surface area contributed by atoms with Crippen molar-refractivity contribution in [2.75, 3.05) is 45.5 Å². The topological polar surface area (TPSA) is 87.0 Å². The summed E-state index contributed by atoms with van der Waals surface area (Å²) in [6.45, 7) is 5.72. The molecule has 2 fully saturated rings. The van der Waals surface area contributed by atoms with Gasteiger partial charge in [-0.1, -0.05) is 48.5 Å². The first-order chi connectivity index (χ1) is 17.6. The number of likely N-dealkylation sites (N-methyl/N-ethyl adjacent to an activating group) is 1. The van der Waals surface area contributed by atoms with Crippen LogP contribution in [0.25, 0.3) is 33.4 Å². The smallest absolute Gasteiger partial charge is 0.140 e. The largest absolute Gasteiger partial charge is 0.383 e. The van der Waals surface area contributed by atoms with E-state index < -0.39 is 0 Å². The first kappa shape index (κ1) is 22.7. The number of nitrogens with zero attached hydrogens (tertiary/aromatic N) is 6. The monoisotopic (exact) mass is 477 g/mol. The van der Waals surface area contributed by atoms with E-state index in [0.29, 0.717) is 23.0 Å². The molecule has 0 bridgehead atoms. The fourth-order valence-corrected chi connectivity index (χ4v) is 5.52. The first-order valence-corrected chi connectivity index (χ1v) is 12.7. The number of hydrogen-bond acceptors (Lipinski definition) is 6. The van der Waals surface area contributed by atoms with Crippen LogP contribution in [0.5, 0.6) is 0 Å². The molecule has 2 N–H and O–H groups in total. The molecule has 36 heavy (non-hydrogen) atoms. The number of pyridine rings is 1. The van der Waals surface area contributed by atoms with Gasteiger partial charge in [0.15, 0.2) is 0 Å². The second-order valence-corrected chi connectivity index (χ2v) is 10.2. The molecule has 2 aromatic carbocycles. The fourth-order valence-electron chi connectivity index (χ4n) is 5.52. The summed E-state index contributed by atoms with van der Waals surface area (Å²) in [6, 6.07) is 22.9. The molecule has 7 heteroatoms. The number of rotatable bonds is 5. The van der Waals surface area contributed by atoms with Gasteiger partial charge in [0, 0.05) is 49.2 Å². The average molecular weight is 478 g/mol. The minimum absolute atomic E-state index is 0.256. The Balaban J connectivity index is 1.24. The zero-order valence-corrected chi connectivity index (χ0v) is 20.6. The lowest BCUT2D eigenvalue weighted by molar-refractivity contribution is 0.0880. The number of benzene rings is 2. The molecule has 1 aliphatic carbocycles. The summed E-state index contributed by atoms with van der Waals surface area (Å²) in [4.78, 5) is 9.86. The summed E-state index contributed by atoms with van der Waals surface area (Å²) in [6.07, 6.45) is 2.12. The molecule has 3 heterocycles. The van der Waals surface area contributed by atoms with Crippen LogP contribution in [0.3, 0.4) is 0 Å². The molecular weight excluding hydrogens is 446 g/mol. The summed E-state index contributed by atoms with van der Waals surface area (Å²) in [5, 5.41) is 15.9. The fraction of sp³-hybridized carbons (Fsp3) is 0.345. The van der Waals surface area contributed by atoms with Crippen LogP contribution in [0.15, 0.2) is 60.7 Å². The van der Waals surface area contributed by atoms with E-state index in [1.165, 1.54) is 0 Å². The van der Waals surface area contributed by atoms with Gasteiger partial charge in [0.25, 0.3) is 0 Å². The molecule has 4 aromatic rings. The number of hydrogen-bond donors (Lipinski definition) is 1. The normalized spacial score (nSPS) is 20.8. The van der Waals surface area contributed by atoms with Crippen molar-refractivity contribution in [2.45, 2.75) is 18.9 Å². The van der Waals surface area contributed by atoms with E-state index in [1.54, 1.807) is 0 Å². The van der Waals surface area contributed by atoms with Gasteiger partial charge in [-0.15, -0.1) is 0 Å². The summed E-state index contributed by atoms with van der Waals surface area (Å²) in [7, 11) is 2.19. The zero-order valence-electron chi connectivity index (χ0n) is 20.6. The van der Waals surface area contributed by atoms with Crippen LogP contribution < -0.4 is 5.73 Å². The molecule has 1 aliphatic heterocycles. The Kier molecular flexibility index (Phi) is 5.92. The van der Waals surface area contributed by atoms with E-state index in [1.807, 2.05) is 47.1 Å². The van der Waals surface area contributed by atoms with Crippen molar-refractivity contribution in [2.24, 2.45) is 5.92 Å². The van der Waals surface area contributed by atoms with Gasteiger partial charge >= 0.3 is 0 Å². The van der Waals surface area contributed by atoms with Gasteiger partial charge in [-0.2, -0.15) is 10.4 Å². The van der Waals surface area contributed by atoms with Crippen molar-refractivity contribution < 1.29 is 0 Å². The first-order valence-electron chi connectivity index (χ1n) is 12.7. The third-order valence-electron chi connectivity index (χ3n) is 7.76. The highest BCUT2D eigenvalue weighted by Gasteiger charge is 2.35. The summed E-state index contributed by atoms with van der Waals surface area (Å²) < 4.78 is 1.90. The Morgan fingerprint density at radius 3 is 2.47 bits per heavy atom. The van der Waals surface area contributed by atoms with Gasteiger partial charge < -0.3 is 15.5 Å². The van der Waals surface area contributed by atoms with E-state index in [9.17, 15) is 5.26 Å². The second kappa shape index (κ2) is 9.38. The number of nitrogen functional groups attached to an aromatic ring is 1. The molecule has 2 aromatic heterocycles. The van der Waals surface area contributed by atoms with Crippen molar-refractivity contribution >= 4 is 16.7 Å². The van der Waals surface area contributed by atoms with Crippen molar-refractivity contribution in [3.05, 3.63) is 66.2 Å². The quantitative estimate of drug-likeness (QED) is 0.458. The van der Waals surface area contributed by atoms with Crippen LogP contribution in [0.4, 0.5) is 5.82 Å². The maximum absolute atomic E-state index is 9.93. The van der Waals surface area contributed by atoms with Crippen LogP contribution in [-0.4, -0.2) is 64.3 Å². The molecule has 0 spiro atoms. The third kappa shape index (κ3) is 4.23. The van der Waals surface area contributed by atoms with Crippen LogP contribution in [0.2, 0.25) is 0 Å². The molecule has 6 rings (SSSR count). The summed E-state index contributed by atoms with van der Waals surface area (Å²) in [5.74, 6) is 1.14. The van der Waals surface area contributed by atoms with Gasteiger partial charge in [0.1, 0.15) is 23.1 Å². The van der Waals surface area contributed by atoms with Crippen molar-refractivity contribution in [1.82, 2.24) is 24.6 Å². The van der Waals surface area contributed by atoms with Gasteiger partial charge in [0.05, 0.1) is 17.3 Å². The van der Waals surface area contributed by atoms with E-state index in [4.69, 9.17) is 15.8 Å². The number of fused-ring (bicyclic) bond motifs is 1. The number of aromatic nitrogens is 3. The lowest BCUT2D eigenvalue weighted by Gasteiger charge is -2.41. The van der Waals surface area contributed by atoms with E-state index in [2.05, 4.69) is 41.1 Å². The third-order valence-corrected chi connectivity index (χ3v) is 7.76. The zero-order chi connectivity index (χ0) is 24.6. The number of piperazine rings is 1. The van der Waals surface area contributed by atoms with Crippen LogP contribution in [-0.2, 0) is 0 Å². The van der Waals surface area contributed by atoms with E-state index in [0.717, 1.165) is 73.3 Å². The lowest BCUT2D eigenvalue weighted by atomic mass is 9.80. The molecule has 0 amide bonds. The minimum Gasteiger partial charge on any atom is -0.383 e. The van der Waals surface area contributed by atoms with Gasteiger partial charge in [-0.05, 0) is 37.9 Å². The summed E-state index contributed by atoms with van der Waals surface area (Å²) >= 11 is 0. The predicted molar refractivity (Wildman–Crippen MR) is 143 cm³/mol. The predicted octanol–water partition coefficient (Wildman–Crippen LogP) is 4.42. The number of nitriles is 1. The van der Waals surface area contributed by atoms with Gasteiger partial charge in [-0.25, -0.2) is 9.67 Å². The molecule has 0 unspecified atom stereocenters. The Morgan fingerprint density at radius 2 is 1.72 bits per heavy atom. The molecule has 7 nitrogen and oxygen atoms in total. The molecular formula is C29H31N7. The second-order valence-electron chi connectivity index (χ2n) is 10.2. The van der Waals surface area contributed by atoms with Crippen LogP contribution in [0, 0.1) is 17.2 Å². The molecule has 2 aliphatic rings. The number of nitrogens with two attached hydrogens (primary N) is 1. The van der Waals surface area contributed by atoms with Crippen LogP contribution in [0.1, 0.15) is 24.4 Å². The Labute approximate surface area is 211 Å². The van der Waals surface area contributed by atoms with Crippen molar-refractivity contribution in [3.63, 3.8) is 0 Å². The SMILES string of the molecule is CN1CCN(C[C@H]2C[C@H](n3nc(-c4ccc5ccc(-c6ccccc6)nc5c4)c(C#N)c3N)C2)CC1. The Bertz CT molecular complexity index is 1420. The highest BCUT2D eigenvalue weighted by atomic mass is 15.3. The molecule has 1 saturated carbocycles. The maximum atomic E-state index is 9.93. The highest BCUT2D eigenvalue weighted by molar-refractivity contribution is 5.87. The lowest BCUT2D eigenvalue weighted by Crippen LogP contribution is -2.47. The summed E-state index contributed by atoms with van der Waals surface area (Å²) in [5.41, 5.74) is 11.3. The number of anilines is 1. The van der Waals surface area contributed by atoms with E-state index in [-0.39, 0.29) is 6.04 Å². The molecule has 0 atom stereocenters. The standard InChI is InChI=1S/C29H31N7/c1-34-11-13-35(14-12-34)19-20-15-24(16-20)36-29(31)25(18-30)28(33-36)23-8-7-22-9-10-26(32-27(22)17-23)21-5-3-2-4-6-21/h2-10,17,20,24H,11-16,19,31H2,1H3/t20-,24-. The maximum Gasteiger partial charge on any atom is 0.140 e. The van der Waals surface area contributed by atoms with Crippen molar-refractivity contribution in [1.29, 1.82) is 5.26 Å². The van der Waals surface area contributed by atoms with Crippen LogP contribution >= 0.6 is 0 Å². The molecule has 0 radical (unpaired) electrons. The van der Waals surface area contributed by atoms with E-state index >= 15 is 0 Å². The highest BCUT2D eigenvalue weighted by Crippen LogP contribution is 2.41. The van der Waals surface area contributed by atoms with Gasteiger partial charge in [-0.3, -0.25) is 0 Å².